The molecule has 0 saturated carbocycles. The molecule has 1 aromatic carbocycles. The number of hydrogen-bond acceptors (Lipinski definition) is 4. The number of hydrogen-bond donors (Lipinski definition) is 1. The van der Waals surface area contributed by atoms with Crippen LogP contribution in [0.3, 0.4) is 0 Å². The van der Waals surface area contributed by atoms with Gasteiger partial charge in [-0.3, -0.25) is 0 Å². The Hall–Kier alpha value is -1.26. The predicted octanol–water partition coefficient (Wildman–Crippen LogP) is 3.31. The van der Waals surface area contributed by atoms with Crippen molar-refractivity contribution in [3.63, 3.8) is 0 Å². The number of likely N-dealkylation sites (N-methyl/N-ethyl adjacent to an activating group) is 1. The van der Waals surface area contributed by atoms with Gasteiger partial charge in [-0.25, -0.2) is 0 Å². The van der Waals surface area contributed by atoms with Crippen molar-refractivity contribution in [1.82, 2.24) is 5.32 Å². The highest BCUT2D eigenvalue weighted by Crippen LogP contribution is 2.34. The molecule has 0 saturated heterocycles. The molecular formula is C17H27NO3. The van der Waals surface area contributed by atoms with Gasteiger partial charge in [-0.2, -0.15) is 0 Å². The van der Waals surface area contributed by atoms with E-state index in [1.807, 2.05) is 13.0 Å². The summed E-state index contributed by atoms with van der Waals surface area (Å²) in [6.07, 6.45) is 2.07. The molecule has 4 nitrogen and oxygen atoms in total. The van der Waals surface area contributed by atoms with E-state index in [4.69, 9.17) is 14.2 Å². The quantitative estimate of drug-likeness (QED) is 0.837. The Morgan fingerprint density at radius 1 is 1.14 bits per heavy atom. The maximum atomic E-state index is 5.89. The molecule has 0 spiro atoms. The van der Waals surface area contributed by atoms with Crippen molar-refractivity contribution in [3.05, 3.63) is 23.8 Å². The van der Waals surface area contributed by atoms with Crippen LogP contribution in [-0.4, -0.2) is 32.5 Å². The second kappa shape index (κ2) is 8.25. The molecule has 1 heterocycles. The van der Waals surface area contributed by atoms with Crippen LogP contribution in [0.4, 0.5) is 0 Å². The van der Waals surface area contributed by atoms with E-state index < -0.39 is 0 Å². The van der Waals surface area contributed by atoms with Gasteiger partial charge in [0.15, 0.2) is 11.5 Å². The van der Waals surface area contributed by atoms with Gasteiger partial charge in [0.2, 0.25) is 0 Å². The number of rotatable bonds is 7. The third-order valence-corrected chi connectivity index (χ3v) is 3.71. The predicted molar refractivity (Wildman–Crippen MR) is 84.2 cm³/mol. The Morgan fingerprint density at radius 3 is 2.57 bits per heavy atom. The largest absolute Gasteiger partial charge is 0.490 e. The minimum atomic E-state index is 0.166. The maximum Gasteiger partial charge on any atom is 0.161 e. The van der Waals surface area contributed by atoms with Crippen molar-refractivity contribution in [2.24, 2.45) is 0 Å². The van der Waals surface area contributed by atoms with E-state index in [0.717, 1.165) is 44.1 Å². The van der Waals surface area contributed by atoms with Crippen LogP contribution < -0.4 is 14.8 Å². The normalized spacial score (nSPS) is 17.1. The van der Waals surface area contributed by atoms with Gasteiger partial charge in [-0.15, -0.1) is 0 Å². The summed E-state index contributed by atoms with van der Waals surface area (Å²) in [5, 5.41) is 3.54. The molecule has 2 rings (SSSR count). The Morgan fingerprint density at radius 2 is 1.90 bits per heavy atom. The van der Waals surface area contributed by atoms with Crippen LogP contribution in [0.2, 0.25) is 0 Å². The minimum absolute atomic E-state index is 0.166. The van der Waals surface area contributed by atoms with Gasteiger partial charge in [-0.05, 0) is 37.6 Å². The molecule has 21 heavy (non-hydrogen) atoms. The van der Waals surface area contributed by atoms with Gasteiger partial charge in [0.25, 0.3) is 0 Å². The molecule has 0 bridgehead atoms. The fourth-order valence-electron chi connectivity index (χ4n) is 2.72. The third kappa shape index (κ3) is 4.11. The first kappa shape index (κ1) is 16.1. The van der Waals surface area contributed by atoms with Gasteiger partial charge >= 0.3 is 0 Å². The van der Waals surface area contributed by atoms with Crippen molar-refractivity contribution in [2.45, 2.75) is 45.8 Å². The molecule has 0 amide bonds. The fourth-order valence-corrected chi connectivity index (χ4v) is 2.72. The van der Waals surface area contributed by atoms with E-state index in [1.165, 1.54) is 5.56 Å². The lowest BCUT2D eigenvalue weighted by atomic mass is 9.98. The van der Waals surface area contributed by atoms with Crippen molar-refractivity contribution < 1.29 is 14.2 Å². The van der Waals surface area contributed by atoms with Crippen LogP contribution in [-0.2, 0) is 4.74 Å². The summed E-state index contributed by atoms with van der Waals surface area (Å²) >= 11 is 0. The minimum Gasteiger partial charge on any atom is -0.490 e. The molecular weight excluding hydrogens is 266 g/mol. The molecule has 1 N–H and O–H groups in total. The third-order valence-electron chi connectivity index (χ3n) is 3.71. The van der Waals surface area contributed by atoms with Crippen LogP contribution in [0, 0.1) is 0 Å². The topological polar surface area (TPSA) is 39.7 Å². The monoisotopic (exact) mass is 293 g/mol. The van der Waals surface area contributed by atoms with Crippen molar-refractivity contribution >= 4 is 0 Å². The molecule has 0 aliphatic carbocycles. The van der Waals surface area contributed by atoms with E-state index in [1.54, 1.807) is 0 Å². The smallest absolute Gasteiger partial charge is 0.161 e. The molecule has 1 aliphatic rings. The maximum absolute atomic E-state index is 5.89. The average Bonchev–Trinajstić information content (AvgIpc) is 2.75. The lowest BCUT2D eigenvalue weighted by molar-refractivity contribution is 0.0317. The van der Waals surface area contributed by atoms with Crippen LogP contribution >= 0.6 is 0 Å². The summed E-state index contributed by atoms with van der Waals surface area (Å²) in [4.78, 5) is 0. The summed E-state index contributed by atoms with van der Waals surface area (Å²) in [7, 11) is 0. The SMILES string of the molecule is CCNC(c1ccc2c(c1)OCCCO2)C(CC)OCC. The van der Waals surface area contributed by atoms with Crippen molar-refractivity contribution in [3.8, 4) is 11.5 Å². The average molecular weight is 293 g/mol. The highest BCUT2D eigenvalue weighted by Gasteiger charge is 2.23. The second-order valence-corrected chi connectivity index (χ2v) is 5.19. The highest BCUT2D eigenvalue weighted by atomic mass is 16.5. The standard InChI is InChI=1S/C17H27NO3/c1-4-14(19-6-3)17(18-5-2)13-8-9-15-16(12-13)21-11-7-10-20-15/h8-9,12,14,17-18H,4-7,10-11H2,1-3H3. The Balaban J connectivity index is 2.25. The summed E-state index contributed by atoms with van der Waals surface area (Å²) in [6.45, 7) is 9.39. The number of benzene rings is 1. The lowest BCUT2D eigenvalue weighted by Crippen LogP contribution is -2.33. The Kier molecular flexibility index (Phi) is 6.33. The zero-order valence-corrected chi connectivity index (χ0v) is 13.4. The van der Waals surface area contributed by atoms with Crippen molar-refractivity contribution in [2.75, 3.05) is 26.4 Å². The van der Waals surface area contributed by atoms with Gasteiger partial charge < -0.3 is 19.5 Å². The second-order valence-electron chi connectivity index (χ2n) is 5.19. The lowest BCUT2D eigenvalue weighted by Gasteiger charge is -2.27. The van der Waals surface area contributed by atoms with Crippen LogP contribution in [0.15, 0.2) is 18.2 Å². The summed E-state index contributed by atoms with van der Waals surface area (Å²) < 4.78 is 17.4. The van der Waals surface area contributed by atoms with Gasteiger partial charge in [0, 0.05) is 13.0 Å². The van der Waals surface area contributed by atoms with E-state index in [9.17, 15) is 0 Å². The molecule has 2 unspecified atom stereocenters. The zero-order chi connectivity index (χ0) is 15.1. The zero-order valence-electron chi connectivity index (χ0n) is 13.4. The Bertz CT molecular complexity index is 436. The molecule has 0 radical (unpaired) electrons. The van der Waals surface area contributed by atoms with E-state index in [-0.39, 0.29) is 12.1 Å². The molecule has 118 valence electrons. The van der Waals surface area contributed by atoms with E-state index >= 15 is 0 Å². The molecule has 4 heteroatoms. The summed E-state index contributed by atoms with van der Waals surface area (Å²) in [6, 6.07) is 6.40. The number of ether oxygens (including phenoxy) is 3. The fraction of sp³-hybridized carbons (Fsp3) is 0.647. The first-order valence-electron chi connectivity index (χ1n) is 8.04. The van der Waals surface area contributed by atoms with Crippen LogP contribution in [0.1, 0.15) is 45.2 Å². The molecule has 1 aliphatic heterocycles. The molecule has 2 atom stereocenters. The Labute approximate surface area is 127 Å². The molecule has 1 aromatic rings. The van der Waals surface area contributed by atoms with Gasteiger partial charge in [0.1, 0.15) is 0 Å². The summed E-state index contributed by atoms with van der Waals surface area (Å²) in [5.74, 6) is 1.69. The first-order chi connectivity index (χ1) is 10.3. The number of nitrogens with one attached hydrogen (secondary N) is 1. The van der Waals surface area contributed by atoms with Gasteiger partial charge in [0.05, 0.1) is 25.4 Å². The molecule has 0 aromatic heterocycles. The van der Waals surface area contributed by atoms with E-state index in [2.05, 4.69) is 31.3 Å². The number of fused-ring (bicyclic) bond motifs is 1. The molecule has 0 fully saturated rings. The highest BCUT2D eigenvalue weighted by molar-refractivity contribution is 5.44. The van der Waals surface area contributed by atoms with E-state index in [0.29, 0.717) is 6.61 Å². The van der Waals surface area contributed by atoms with Crippen molar-refractivity contribution in [1.29, 1.82) is 0 Å². The van der Waals surface area contributed by atoms with Crippen LogP contribution in [0.5, 0.6) is 11.5 Å². The first-order valence-corrected chi connectivity index (χ1v) is 8.04. The summed E-state index contributed by atoms with van der Waals surface area (Å²) in [5.41, 5.74) is 1.20. The van der Waals surface area contributed by atoms with Crippen LogP contribution in [0.25, 0.3) is 0 Å². The van der Waals surface area contributed by atoms with Gasteiger partial charge in [-0.1, -0.05) is 19.9 Å².